The average Bonchev–Trinajstić information content (AvgIpc) is 2.83. The minimum Gasteiger partial charge on any atom is -0.325 e. The minimum atomic E-state index is 0.507. The normalized spacial score (nSPS) is 10.9. The number of nitrogens with zero attached hydrogens (tertiary/aromatic N) is 2. The molecule has 0 aliphatic carbocycles. The van der Waals surface area contributed by atoms with E-state index in [2.05, 4.69) is 21.5 Å². The zero-order valence-electron chi connectivity index (χ0n) is 9.38. The van der Waals surface area contributed by atoms with E-state index in [1.807, 2.05) is 42.6 Å². The first-order valence-corrected chi connectivity index (χ1v) is 5.61. The number of rotatable bonds is 2. The molecule has 0 radical (unpaired) electrons. The van der Waals surface area contributed by atoms with Crippen molar-refractivity contribution in [2.24, 2.45) is 5.73 Å². The quantitative estimate of drug-likeness (QED) is 0.725. The molecule has 3 nitrogen and oxygen atoms in total. The molecule has 0 atom stereocenters. The second-order valence-corrected chi connectivity index (χ2v) is 3.93. The van der Waals surface area contributed by atoms with Gasteiger partial charge < -0.3 is 5.73 Å². The summed E-state index contributed by atoms with van der Waals surface area (Å²) in [5.74, 6) is 0.946. The molecule has 0 saturated carbocycles. The number of hydrogen-bond donors (Lipinski definition) is 1. The lowest BCUT2D eigenvalue weighted by atomic mass is 10.2. The van der Waals surface area contributed by atoms with E-state index in [1.165, 1.54) is 0 Å². The molecule has 17 heavy (non-hydrogen) atoms. The van der Waals surface area contributed by atoms with Gasteiger partial charge in [-0.1, -0.05) is 36.4 Å². The zero-order chi connectivity index (χ0) is 11.7. The van der Waals surface area contributed by atoms with Crippen LogP contribution in [0, 0.1) is 0 Å². The van der Waals surface area contributed by atoms with Crippen molar-refractivity contribution >= 4 is 5.52 Å². The molecule has 0 bridgehead atoms. The summed E-state index contributed by atoms with van der Waals surface area (Å²) in [5, 5.41) is 0. The van der Waals surface area contributed by atoms with Crippen molar-refractivity contribution in [3.8, 4) is 11.4 Å². The van der Waals surface area contributed by atoms with Gasteiger partial charge in [0, 0.05) is 17.8 Å². The molecule has 3 rings (SSSR count). The number of benzene rings is 1. The number of fused-ring (bicyclic) bond motifs is 1. The van der Waals surface area contributed by atoms with Crippen molar-refractivity contribution in [1.82, 2.24) is 9.38 Å². The van der Waals surface area contributed by atoms with Gasteiger partial charge in [0.1, 0.15) is 5.82 Å². The molecule has 0 fully saturated rings. The van der Waals surface area contributed by atoms with Crippen LogP contribution in [-0.4, -0.2) is 9.38 Å². The molecular weight excluding hydrogens is 210 g/mol. The summed E-state index contributed by atoms with van der Waals surface area (Å²) >= 11 is 0. The third-order valence-electron chi connectivity index (χ3n) is 2.87. The number of aromatic nitrogens is 2. The van der Waals surface area contributed by atoms with Gasteiger partial charge in [-0.15, -0.1) is 0 Å². The van der Waals surface area contributed by atoms with Gasteiger partial charge in [0.15, 0.2) is 0 Å². The van der Waals surface area contributed by atoms with E-state index in [0.29, 0.717) is 6.54 Å². The van der Waals surface area contributed by atoms with E-state index in [9.17, 15) is 0 Å². The van der Waals surface area contributed by atoms with E-state index in [4.69, 9.17) is 5.73 Å². The fourth-order valence-corrected chi connectivity index (χ4v) is 2.07. The van der Waals surface area contributed by atoms with Crippen LogP contribution in [0.1, 0.15) is 5.69 Å². The van der Waals surface area contributed by atoms with Crippen molar-refractivity contribution in [2.75, 3.05) is 0 Å². The summed E-state index contributed by atoms with van der Waals surface area (Å²) in [6, 6.07) is 16.2. The fraction of sp³-hybridized carbons (Fsp3) is 0.0714. The summed E-state index contributed by atoms with van der Waals surface area (Å²) in [6.45, 7) is 0.507. The first kappa shape index (κ1) is 10.1. The molecular formula is C14H13N3. The van der Waals surface area contributed by atoms with Gasteiger partial charge in [-0.05, 0) is 12.1 Å². The van der Waals surface area contributed by atoms with Crippen LogP contribution in [0.25, 0.3) is 16.9 Å². The molecule has 0 aliphatic rings. The lowest BCUT2D eigenvalue weighted by Gasteiger charge is -2.06. The van der Waals surface area contributed by atoms with E-state index in [-0.39, 0.29) is 0 Å². The SMILES string of the molecule is NCc1cccc2cnc(-c3ccccc3)n12. The number of nitrogens with two attached hydrogens (primary N) is 1. The van der Waals surface area contributed by atoms with Crippen molar-refractivity contribution in [3.05, 3.63) is 60.4 Å². The van der Waals surface area contributed by atoms with Crippen LogP contribution in [0.5, 0.6) is 0 Å². The monoisotopic (exact) mass is 223 g/mol. The largest absolute Gasteiger partial charge is 0.325 e. The van der Waals surface area contributed by atoms with Gasteiger partial charge in [0.25, 0.3) is 0 Å². The van der Waals surface area contributed by atoms with Crippen LogP contribution < -0.4 is 5.73 Å². The topological polar surface area (TPSA) is 43.3 Å². The average molecular weight is 223 g/mol. The van der Waals surface area contributed by atoms with Crippen molar-refractivity contribution in [1.29, 1.82) is 0 Å². The molecule has 0 amide bonds. The van der Waals surface area contributed by atoms with E-state index in [1.54, 1.807) is 0 Å². The van der Waals surface area contributed by atoms with Crippen LogP contribution in [-0.2, 0) is 6.54 Å². The molecule has 3 aromatic rings. The number of pyridine rings is 1. The third kappa shape index (κ3) is 1.61. The number of imidazole rings is 1. The Bertz CT molecular complexity index is 641. The Balaban J connectivity index is 2.31. The molecule has 3 heteroatoms. The smallest absolute Gasteiger partial charge is 0.144 e. The minimum absolute atomic E-state index is 0.507. The maximum absolute atomic E-state index is 5.77. The standard InChI is InChI=1S/C14H13N3/c15-9-12-7-4-8-13-10-16-14(17(12)13)11-5-2-1-3-6-11/h1-8,10H,9,15H2. The Kier molecular flexibility index (Phi) is 2.38. The maximum atomic E-state index is 5.77. The second-order valence-electron chi connectivity index (χ2n) is 3.93. The maximum Gasteiger partial charge on any atom is 0.144 e. The molecule has 2 N–H and O–H groups in total. The summed E-state index contributed by atoms with van der Waals surface area (Å²) in [5.41, 5.74) is 9.02. The van der Waals surface area contributed by atoms with Crippen LogP contribution >= 0.6 is 0 Å². The van der Waals surface area contributed by atoms with Gasteiger partial charge in [-0.2, -0.15) is 0 Å². The van der Waals surface area contributed by atoms with E-state index >= 15 is 0 Å². The number of hydrogen-bond acceptors (Lipinski definition) is 2. The highest BCUT2D eigenvalue weighted by molar-refractivity contribution is 5.62. The first-order chi connectivity index (χ1) is 8.40. The molecule has 1 aromatic carbocycles. The summed E-state index contributed by atoms with van der Waals surface area (Å²) in [6.07, 6.45) is 1.88. The lowest BCUT2D eigenvalue weighted by Crippen LogP contribution is -2.04. The predicted octanol–water partition coefficient (Wildman–Crippen LogP) is 2.46. The Morgan fingerprint density at radius 3 is 2.59 bits per heavy atom. The fourth-order valence-electron chi connectivity index (χ4n) is 2.07. The van der Waals surface area contributed by atoms with Crippen molar-refractivity contribution in [3.63, 3.8) is 0 Å². The Hall–Kier alpha value is -2.13. The summed E-state index contributed by atoms with van der Waals surface area (Å²) in [7, 11) is 0. The third-order valence-corrected chi connectivity index (χ3v) is 2.87. The van der Waals surface area contributed by atoms with Gasteiger partial charge in [-0.25, -0.2) is 4.98 Å². The van der Waals surface area contributed by atoms with E-state index < -0.39 is 0 Å². The van der Waals surface area contributed by atoms with Gasteiger partial charge in [0.05, 0.1) is 11.7 Å². The highest BCUT2D eigenvalue weighted by atomic mass is 15.0. The second kappa shape index (κ2) is 4.03. The van der Waals surface area contributed by atoms with Crippen LogP contribution in [0.3, 0.4) is 0 Å². The lowest BCUT2D eigenvalue weighted by molar-refractivity contribution is 0.946. The molecule has 84 valence electrons. The Labute approximate surface area is 99.5 Å². The highest BCUT2D eigenvalue weighted by Gasteiger charge is 2.08. The van der Waals surface area contributed by atoms with Crippen molar-refractivity contribution in [2.45, 2.75) is 6.54 Å². The van der Waals surface area contributed by atoms with Gasteiger partial charge >= 0.3 is 0 Å². The zero-order valence-corrected chi connectivity index (χ0v) is 9.38. The van der Waals surface area contributed by atoms with Crippen LogP contribution in [0.15, 0.2) is 54.7 Å². The predicted molar refractivity (Wildman–Crippen MR) is 68.5 cm³/mol. The molecule has 0 saturated heterocycles. The van der Waals surface area contributed by atoms with E-state index in [0.717, 1.165) is 22.6 Å². The first-order valence-electron chi connectivity index (χ1n) is 5.61. The molecule has 0 unspecified atom stereocenters. The molecule has 2 aromatic heterocycles. The summed E-state index contributed by atoms with van der Waals surface area (Å²) < 4.78 is 2.11. The molecule has 2 heterocycles. The Morgan fingerprint density at radius 2 is 1.82 bits per heavy atom. The summed E-state index contributed by atoms with van der Waals surface area (Å²) in [4.78, 5) is 4.48. The van der Waals surface area contributed by atoms with Crippen LogP contribution in [0.2, 0.25) is 0 Å². The van der Waals surface area contributed by atoms with Gasteiger partial charge in [-0.3, -0.25) is 4.40 Å². The highest BCUT2D eigenvalue weighted by Crippen LogP contribution is 2.20. The molecule has 0 spiro atoms. The Morgan fingerprint density at radius 1 is 1.00 bits per heavy atom. The van der Waals surface area contributed by atoms with Crippen molar-refractivity contribution < 1.29 is 0 Å². The van der Waals surface area contributed by atoms with Gasteiger partial charge in [0.2, 0.25) is 0 Å². The molecule has 0 aliphatic heterocycles. The van der Waals surface area contributed by atoms with Crippen LogP contribution in [0.4, 0.5) is 0 Å².